The summed E-state index contributed by atoms with van der Waals surface area (Å²) < 4.78 is 1.77. The average molecular weight is 210 g/mol. The van der Waals surface area contributed by atoms with E-state index in [1.54, 1.807) is 10.7 Å². The van der Waals surface area contributed by atoms with Crippen LogP contribution in [0.2, 0.25) is 0 Å². The van der Waals surface area contributed by atoms with Crippen LogP contribution in [-0.4, -0.2) is 20.9 Å². The predicted molar refractivity (Wildman–Crippen MR) is 58.0 cm³/mol. The van der Waals surface area contributed by atoms with Gasteiger partial charge in [-0.25, -0.2) is 4.79 Å². The third kappa shape index (κ3) is 3.38. The van der Waals surface area contributed by atoms with E-state index >= 15 is 0 Å². The summed E-state index contributed by atoms with van der Waals surface area (Å²) in [5.41, 5.74) is 1.05. The van der Waals surface area contributed by atoms with Crippen molar-refractivity contribution < 1.29 is 9.90 Å². The fourth-order valence-electron chi connectivity index (χ4n) is 1.49. The van der Waals surface area contributed by atoms with Gasteiger partial charge in [0, 0.05) is 12.2 Å². The van der Waals surface area contributed by atoms with Crippen LogP contribution in [0.25, 0.3) is 0 Å². The maximum atomic E-state index is 10.7. The molecule has 15 heavy (non-hydrogen) atoms. The fourth-order valence-corrected chi connectivity index (χ4v) is 1.49. The third-order valence-electron chi connectivity index (χ3n) is 2.35. The van der Waals surface area contributed by atoms with Gasteiger partial charge in [0.1, 0.15) is 0 Å². The number of nitrogens with zero attached hydrogens (tertiary/aromatic N) is 2. The van der Waals surface area contributed by atoms with Crippen LogP contribution in [0.4, 0.5) is 0 Å². The van der Waals surface area contributed by atoms with E-state index in [9.17, 15) is 4.79 Å². The summed E-state index contributed by atoms with van der Waals surface area (Å²) in [6.07, 6.45) is 2.18. The Balaban J connectivity index is 2.57. The largest absolute Gasteiger partial charge is 0.476 e. The summed E-state index contributed by atoms with van der Waals surface area (Å²) in [5, 5.41) is 12.8. The lowest BCUT2D eigenvalue weighted by atomic mass is 10.1. The highest BCUT2D eigenvalue weighted by Crippen LogP contribution is 2.08. The number of carbonyl (C=O) groups is 1. The number of hydrogen-bond donors (Lipinski definition) is 1. The van der Waals surface area contributed by atoms with Crippen LogP contribution in [0.15, 0.2) is 6.07 Å². The van der Waals surface area contributed by atoms with Crippen molar-refractivity contribution in [1.29, 1.82) is 0 Å². The Bertz CT molecular complexity index is 342. The molecule has 1 rings (SSSR count). The minimum absolute atomic E-state index is 0.136. The zero-order valence-corrected chi connectivity index (χ0v) is 9.53. The van der Waals surface area contributed by atoms with Gasteiger partial charge >= 0.3 is 5.97 Å². The van der Waals surface area contributed by atoms with Gasteiger partial charge < -0.3 is 5.11 Å². The first-order valence-electron chi connectivity index (χ1n) is 5.28. The van der Waals surface area contributed by atoms with Crippen LogP contribution in [0.1, 0.15) is 42.9 Å². The lowest BCUT2D eigenvalue weighted by molar-refractivity contribution is 0.0689. The molecule has 0 saturated heterocycles. The fraction of sp³-hybridized carbons (Fsp3) is 0.636. The maximum absolute atomic E-state index is 10.7. The molecule has 1 N–H and O–H groups in total. The topological polar surface area (TPSA) is 55.1 Å². The van der Waals surface area contributed by atoms with Gasteiger partial charge in [0.15, 0.2) is 5.69 Å². The van der Waals surface area contributed by atoms with Gasteiger partial charge in [0.25, 0.3) is 0 Å². The molecular formula is C11H18N2O2. The lowest BCUT2D eigenvalue weighted by Crippen LogP contribution is -2.05. The smallest absolute Gasteiger partial charge is 0.356 e. The molecule has 0 unspecified atom stereocenters. The van der Waals surface area contributed by atoms with Crippen molar-refractivity contribution in [3.05, 3.63) is 17.5 Å². The average Bonchev–Trinajstić information content (AvgIpc) is 2.47. The van der Waals surface area contributed by atoms with E-state index < -0.39 is 5.97 Å². The molecule has 84 valence electrons. The van der Waals surface area contributed by atoms with Crippen molar-refractivity contribution in [3.8, 4) is 0 Å². The summed E-state index contributed by atoms with van der Waals surface area (Å²) in [6, 6.07) is 1.61. The molecule has 1 heterocycles. The minimum Gasteiger partial charge on any atom is -0.476 e. The van der Waals surface area contributed by atoms with Crippen molar-refractivity contribution in [1.82, 2.24) is 9.78 Å². The predicted octanol–water partition coefficient (Wildman–Crippen LogP) is 2.33. The zero-order chi connectivity index (χ0) is 11.4. The Morgan fingerprint density at radius 3 is 2.73 bits per heavy atom. The van der Waals surface area contributed by atoms with E-state index in [0.29, 0.717) is 5.92 Å². The van der Waals surface area contributed by atoms with E-state index in [-0.39, 0.29) is 5.69 Å². The van der Waals surface area contributed by atoms with Crippen LogP contribution in [0.5, 0.6) is 0 Å². The van der Waals surface area contributed by atoms with Gasteiger partial charge in [-0.3, -0.25) is 4.68 Å². The quantitative estimate of drug-likeness (QED) is 0.811. The van der Waals surface area contributed by atoms with Crippen molar-refractivity contribution in [2.45, 2.75) is 40.2 Å². The monoisotopic (exact) mass is 210 g/mol. The normalized spacial score (nSPS) is 10.9. The van der Waals surface area contributed by atoms with Gasteiger partial charge in [-0.2, -0.15) is 5.10 Å². The highest BCUT2D eigenvalue weighted by atomic mass is 16.4. The van der Waals surface area contributed by atoms with Crippen LogP contribution in [-0.2, 0) is 6.54 Å². The van der Waals surface area contributed by atoms with Crippen molar-refractivity contribution >= 4 is 5.97 Å². The Hall–Kier alpha value is -1.32. The van der Waals surface area contributed by atoms with E-state index in [1.807, 2.05) is 6.92 Å². The Morgan fingerprint density at radius 2 is 2.27 bits per heavy atom. The molecule has 4 nitrogen and oxygen atoms in total. The van der Waals surface area contributed by atoms with E-state index in [0.717, 1.165) is 25.1 Å². The molecule has 0 atom stereocenters. The number of rotatable bonds is 5. The summed E-state index contributed by atoms with van der Waals surface area (Å²) in [5.74, 6) is -0.277. The second kappa shape index (κ2) is 4.96. The number of aromatic nitrogens is 2. The molecule has 0 spiro atoms. The molecule has 0 aliphatic rings. The van der Waals surface area contributed by atoms with Gasteiger partial charge in [-0.05, 0) is 31.7 Å². The Morgan fingerprint density at radius 1 is 1.60 bits per heavy atom. The molecule has 0 fully saturated rings. The first-order valence-corrected chi connectivity index (χ1v) is 5.28. The molecule has 4 heteroatoms. The Kier molecular flexibility index (Phi) is 3.88. The number of aryl methyl sites for hydroxylation is 2. The summed E-state index contributed by atoms with van der Waals surface area (Å²) in [7, 11) is 0. The lowest BCUT2D eigenvalue weighted by Gasteiger charge is -2.05. The van der Waals surface area contributed by atoms with Crippen molar-refractivity contribution in [2.24, 2.45) is 5.92 Å². The summed E-state index contributed by atoms with van der Waals surface area (Å²) in [6.45, 7) is 7.04. The van der Waals surface area contributed by atoms with Crippen LogP contribution in [0, 0.1) is 12.8 Å². The van der Waals surface area contributed by atoms with Gasteiger partial charge in [-0.15, -0.1) is 0 Å². The molecule has 0 radical (unpaired) electrons. The molecule has 1 aromatic heterocycles. The molecule has 0 aliphatic carbocycles. The van der Waals surface area contributed by atoms with E-state index in [4.69, 9.17) is 5.11 Å². The maximum Gasteiger partial charge on any atom is 0.356 e. The van der Waals surface area contributed by atoms with E-state index in [1.165, 1.54) is 0 Å². The first-order chi connectivity index (χ1) is 7.00. The molecule has 0 aromatic carbocycles. The number of hydrogen-bond acceptors (Lipinski definition) is 2. The van der Waals surface area contributed by atoms with Gasteiger partial charge in [0.2, 0.25) is 0 Å². The number of carboxylic acid groups (broad SMARTS) is 1. The summed E-state index contributed by atoms with van der Waals surface area (Å²) in [4.78, 5) is 10.7. The highest BCUT2D eigenvalue weighted by Gasteiger charge is 2.09. The standard InChI is InChI=1S/C11H18N2O2/c1-8(2)5-4-6-13-9(3)7-10(12-13)11(14)15/h7-8H,4-6H2,1-3H3,(H,14,15). The highest BCUT2D eigenvalue weighted by molar-refractivity contribution is 5.85. The zero-order valence-electron chi connectivity index (χ0n) is 9.53. The first kappa shape index (κ1) is 11.8. The van der Waals surface area contributed by atoms with Gasteiger partial charge in [-0.1, -0.05) is 13.8 Å². The molecule has 1 aromatic rings. The van der Waals surface area contributed by atoms with Crippen LogP contribution >= 0.6 is 0 Å². The summed E-state index contributed by atoms with van der Waals surface area (Å²) >= 11 is 0. The van der Waals surface area contributed by atoms with E-state index in [2.05, 4.69) is 18.9 Å². The molecule has 0 saturated carbocycles. The number of aromatic carboxylic acids is 1. The van der Waals surface area contributed by atoms with Crippen LogP contribution in [0.3, 0.4) is 0 Å². The second-order valence-electron chi connectivity index (χ2n) is 4.24. The molecule has 0 aliphatic heterocycles. The number of carboxylic acids is 1. The van der Waals surface area contributed by atoms with Crippen molar-refractivity contribution in [3.63, 3.8) is 0 Å². The SMILES string of the molecule is Cc1cc(C(=O)O)nn1CCCC(C)C. The second-order valence-corrected chi connectivity index (χ2v) is 4.24. The van der Waals surface area contributed by atoms with Crippen molar-refractivity contribution in [2.75, 3.05) is 0 Å². The Labute approximate surface area is 89.9 Å². The molecule has 0 bridgehead atoms. The molecular weight excluding hydrogens is 192 g/mol. The van der Waals surface area contributed by atoms with Crippen LogP contribution < -0.4 is 0 Å². The molecule has 0 amide bonds. The third-order valence-corrected chi connectivity index (χ3v) is 2.35. The minimum atomic E-state index is -0.958. The van der Waals surface area contributed by atoms with Gasteiger partial charge in [0.05, 0.1) is 0 Å².